The maximum atomic E-state index is 12.4. The summed E-state index contributed by atoms with van der Waals surface area (Å²) >= 11 is 0. The number of ketones is 1. The van der Waals surface area contributed by atoms with E-state index in [1.165, 1.54) is 0 Å². The van der Waals surface area contributed by atoms with Crippen LogP contribution in [0.1, 0.15) is 12.5 Å². The number of allylic oxidation sites excluding steroid dienone is 1. The molecule has 0 fully saturated rings. The molecule has 2 nitrogen and oxygen atoms in total. The second-order valence-electron chi connectivity index (χ2n) is 4.68. The number of hydrogen-bond acceptors (Lipinski definition) is 2. The van der Waals surface area contributed by atoms with Crippen molar-refractivity contribution in [2.45, 2.75) is 13.3 Å². The quantitative estimate of drug-likeness (QED) is 0.624. The zero-order valence-electron chi connectivity index (χ0n) is 11.4. The molecule has 2 aromatic carbocycles. The van der Waals surface area contributed by atoms with E-state index in [0.29, 0.717) is 12.0 Å². The van der Waals surface area contributed by atoms with E-state index in [-0.39, 0.29) is 5.78 Å². The number of carbonyl (C=O) groups is 1. The van der Waals surface area contributed by atoms with Gasteiger partial charge in [-0.05, 0) is 42.3 Å². The zero-order valence-corrected chi connectivity index (χ0v) is 12.3. The first-order valence-electron chi connectivity index (χ1n) is 6.38. The summed E-state index contributed by atoms with van der Waals surface area (Å²) in [5, 5.41) is 1.59. The Kier molecular flexibility index (Phi) is 4.60. The third kappa shape index (κ3) is 3.49. The van der Waals surface area contributed by atoms with Gasteiger partial charge in [0.25, 0.3) is 0 Å². The summed E-state index contributed by atoms with van der Waals surface area (Å²) in [6.45, 7) is 5.35. The summed E-state index contributed by atoms with van der Waals surface area (Å²) in [5.74, 6) is 0.0326. The van der Waals surface area contributed by atoms with Crippen LogP contribution in [0.15, 0.2) is 66.7 Å². The molecule has 0 saturated carbocycles. The summed E-state index contributed by atoms with van der Waals surface area (Å²) in [6.07, 6.45) is 0.345. The summed E-state index contributed by atoms with van der Waals surface area (Å²) in [6, 6.07) is 16.7. The topological polar surface area (TPSA) is 34.1 Å². The highest BCUT2D eigenvalue weighted by molar-refractivity contribution is 7.61. The fourth-order valence-corrected chi connectivity index (χ4v) is 2.96. The van der Waals surface area contributed by atoms with Crippen molar-refractivity contribution in [1.29, 1.82) is 0 Å². The Bertz CT molecular complexity index is 642. The highest BCUT2D eigenvalue weighted by Gasteiger charge is 2.22. The first-order valence-corrected chi connectivity index (χ1v) is 7.64. The van der Waals surface area contributed by atoms with Gasteiger partial charge in [0.05, 0.1) is 0 Å². The highest BCUT2D eigenvalue weighted by atomic mass is 31.1. The Morgan fingerprint density at radius 1 is 1.00 bits per heavy atom. The van der Waals surface area contributed by atoms with Gasteiger partial charge in [-0.2, -0.15) is 0 Å². The molecule has 0 spiro atoms. The van der Waals surface area contributed by atoms with E-state index in [4.69, 9.17) is 0 Å². The van der Waals surface area contributed by atoms with Crippen LogP contribution in [-0.2, 0) is 15.8 Å². The van der Waals surface area contributed by atoms with Crippen LogP contribution < -0.4 is 10.6 Å². The Morgan fingerprint density at radius 3 is 2.10 bits per heavy atom. The van der Waals surface area contributed by atoms with Crippen molar-refractivity contribution in [3.63, 3.8) is 0 Å². The lowest BCUT2D eigenvalue weighted by atomic mass is 10.1. The molecular weight excluding hydrogens is 267 g/mol. The van der Waals surface area contributed by atoms with Crippen molar-refractivity contribution in [1.82, 2.24) is 0 Å². The second kappa shape index (κ2) is 6.40. The van der Waals surface area contributed by atoms with Gasteiger partial charge in [-0.1, -0.05) is 41.5 Å². The average Bonchev–Trinajstić information content (AvgIpc) is 2.48. The van der Waals surface area contributed by atoms with E-state index in [1.807, 2.05) is 54.6 Å². The van der Waals surface area contributed by atoms with Gasteiger partial charge in [-0.15, -0.1) is 0 Å². The molecule has 0 bridgehead atoms. The Labute approximate surface area is 119 Å². The van der Waals surface area contributed by atoms with Crippen LogP contribution in [0.4, 0.5) is 0 Å². The van der Waals surface area contributed by atoms with Crippen LogP contribution in [0.25, 0.3) is 0 Å². The van der Waals surface area contributed by atoms with Gasteiger partial charge in [0, 0.05) is 6.42 Å². The van der Waals surface area contributed by atoms with Gasteiger partial charge in [-0.25, -0.2) is 0 Å². The van der Waals surface area contributed by atoms with Crippen LogP contribution in [0.5, 0.6) is 0 Å². The van der Waals surface area contributed by atoms with E-state index in [2.05, 4.69) is 6.58 Å². The summed E-state index contributed by atoms with van der Waals surface area (Å²) in [4.78, 5) is 11.6. The minimum absolute atomic E-state index is 0.0326. The molecule has 0 aliphatic carbocycles. The van der Waals surface area contributed by atoms with Crippen LogP contribution in [-0.4, -0.2) is 5.78 Å². The van der Waals surface area contributed by atoms with Crippen molar-refractivity contribution in [2.75, 3.05) is 0 Å². The molecule has 2 aromatic rings. The van der Waals surface area contributed by atoms with Crippen molar-refractivity contribution in [3.8, 4) is 0 Å². The fourth-order valence-electron chi connectivity index (χ4n) is 1.80. The van der Waals surface area contributed by atoms with Gasteiger partial charge < -0.3 is 0 Å². The largest absolute Gasteiger partial charge is 0.415 e. The number of rotatable bonds is 5. The van der Waals surface area contributed by atoms with Crippen LogP contribution in [0, 0.1) is 0 Å². The minimum Gasteiger partial charge on any atom is -0.294 e. The lowest BCUT2D eigenvalue weighted by Crippen LogP contribution is -2.08. The molecule has 0 aliphatic heterocycles. The lowest BCUT2D eigenvalue weighted by molar-refractivity contribution is -0.114. The Balaban J connectivity index is 2.14. The molecule has 100 valence electrons. The van der Waals surface area contributed by atoms with Crippen molar-refractivity contribution in [2.24, 2.45) is 0 Å². The van der Waals surface area contributed by atoms with E-state index in [1.54, 1.807) is 6.92 Å². The van der Waals surface area contributed by atoms with E-state index in [9.17, 15) is 9.36 Å². The van der Waals surface area contributed by atoms with Gasteiger partial charge in [0.1, 0.15) is 0 Å². The molecule has 0 aromatic heterocycles. The first kappa shape index (κ1) is 14.4. The van der Waals surface area contributed by atoms with Crippen molar-refractivity contribution >= 4 is 24.2 Å². The minimum atomic E-state index is -1.57. The predicted octanol–water partition coefficient (Wildman–Crippen LogP) is 3.15. The van der Waals surface area contributed by atoms with Crippen LogP contribution >= 0.6 is 7.80 Å². The van der Waals surface area contributed by atoms with Gasteiger partial charge in [0.15, 0.2) is 16.4 Å². The first-order chi connectivity index (χ1) is 9.58. The Morgan fingerprint density at radius 2 is 1.55 bits per heavy atom. The van der Waals surface area contributed by atoms with Crippen LogP contribution in [0.2, 0.25) is 0 Å². The Hall–Kier alpha value is -2.05. The second-order valence-corrected chi connectivity index (χ2v) is 6.30. The number of carbonyl (C=O) groups excluding carboxylic acids is 1. The van der Waals surface area contributed by atoms with Gasteiger partial charge in [0.2, 0.25) is 0 Å². The maximum absolute atomic E-state index is 12.4. The normalized spacial score (nSPS) is 10.9. The molecule has 0 heterocycles. The van der Waals surface area contributed by atoms with Crippen LogP contribution in [0.3, 0.4) is 0 Å². The molecule has 1 atom stereocenters. The van der Waals surface area contributed by atoms with Gasteiger partial charge >= 0.3 is 7.80 Å². The van der Waals surface area contributed by atoms with Gasteiger partial charge in [-0.3, -0.25) is 4.79 Å². The number of benzene rings is 2. The zero-order chi connectivity index (χ0) is 14.5. The molecule has 0 aliphatic rings. The van der Waals surface area contributed by atoms with Crippen molar-refractivity contribution in [3.05, 3.63) is 72.3 Å². The van der Waals surface area contributed by atoms with Crippen molar-refractivity contribution < 1.29 is 9.36 Å². The third-order valence-electron chi connectivity index (χ3n) is 3.00. The average molecular weight is 283 g/mol. The lowest BCUT2D eigenvalue weighted by Gasteiger charge is -1.99. The number of hydrogen-bond donors (Lipinski definition) is 0. The maximum Gasteiger partial charge on any atom is 0.415 e. The molecule has 3 heteroatoms. The summed E-state index contributed by atoms with van der Waals surface area (Å²) < 4.78 is 12.4. The molecule has 0 amide bonds. The smallest absolute Gasteiger partial charge is 0.294 e. The summed E-state index contributed by atoms with van der Waals surface area (Å²) in [5.41, 5.74) is 1.47. The monoisotopic (exact) mass is 283 g/mol. The molecule has 20 heavy (non-hydrogen) atoms. The fraction of sp³-hybridized carbons (Fsp3) is 0.118. The molecule has 0 saturated heterocycles. The van der Waals surface area contributed by atoms with E-state index >= 15 is 0 Å². The summed E-state index contributed by atoms with van der Waals surface area (Å²) in [7, 11) is -1.57. The highest BCUT2D eigenvalue weighted by Crippen LogP contribution is 2.19. The van der Waals surface area contributed by atoms with E-state index in [0.717, 1.165) is 16.2 Å². The SMILES string of the molecule is C=C(C)C(=O)Cc1ccc([P+](=O)c2ccccc2)cc1. The third-order valence-corrected chi connectivity index (χ3v) is 4.54. The molecular formula is C17H16O2P+. The molecule has 1 unspecified atom stereocenters. The molecule has 2 rings (SSSR count). The molecule has 0 N–H and O–H groups in total. The molecule has 0 radical (unpaired) electrons. The predicted molar refractivity (Wildman–Crippen MR) is 83.3 cm³/mol. The van der Waals surface area contributed by atoms with E-state index < -0.39 is 7.80 Å². The standard InChI is InChI=1S/C17H16O2P/c1-13(2)17(18)12-14-8-10-16(11-9-14)20(19)15-6-4-3-5-7-15/h3-11H,1,12H2,2H3/q+1. The number of Topliss-reactive ketones (excluding diaryl/α,β-unsaturated/α-hetero) is 1.